The van der Waals surface area contributed by atoms with Gasteiger partial charge in [0.05, 0.1) is 0 Å². The van der Waals surface area contributed by atoms with E-state index >= 15 is 0 Å². The van der Waals surface area contributed by atoms with Crippen LogP contribution in [0, 0.1) is 0 Å². The van der Waals surface area contributed by atoms with Crippen LogP contribution in [-0.4, -0.2) is 23.7 Å². The van der Waals surface area contributed by atoms with Gasteiger partial charge in [-0.25, -0.2) is 0 Å². The van der Waals surface area contributed by atoms with E-state index in [1.807, 2.05) is 0 Å². The molecule has 0 aromatic heterocycles. The van der Waals surface area contributed by atoms with Crippen molar-refractivity contribution in [3.63, 3.8) is 0 Å². The molecule has 0 aromatic rings. The minimum Gasteiger partial charge on any atom is -0.373 e. The molecule has 0 aliphatic rings. The van der Waals surface area contributed by atoms with Gasteiger partial charge in [-0.2, -0.15) is 10.2 Å². The third kappa shape index (κ3) is 3.52. The van der Waals surface area contributed by atoms with Crippen LogP contribution in [0.3, 0.4) is 0 Å². The summed E-state index contributed by atoms with van der Waals surface area (Å²) in [6.07, 6.45) is 0. The summed E-state index contributed by atoms with van der Waals surface area (Å²) in [5.74, 6) is 0. The number of rotatable bonds is 2. The van der Waals surface area contributed by atoms with Gasteiger partial charge in [-0.05, 0) is 0 Å². The number of azo groups is 1. The maximum atomic E-state index is 7.83. The van der Waals surface area contributed by atoms with Crippen molar-refractivity contribution in [1.82, 2.24) is 0 Å². The molecule has 0 radical (unpaired) electrons. The first-order valence-corrected chi connectivity index (χ1v) is 1.46. The average molecular weight is 90.1 g/mol. The molecule has 4 heteroatoms. The molecule has 0 spiro atoms. The number of hydrogen-bond donors (Lipinski definition) is 2. The second-order valence-electron chi connectivity index (χ2n) is 0.566. The normalized spacial score (nSPS) is 10.3. The van der Waals surface area contributed by atoms with Gasteiger partial charge in [0.2, 0.25) is 0 Å². The highest BCUT2D eigenvalue weighted by Crippen LogP contribution is 1.65. The number of hydrogen-bond acceptors (Lipinski definition) is 4. The summed E-state index contributed by atoms with van der Waals surface area (Å²) in [6, 6.07) is 0. The van der Waals surface area contributed by atoms with Crippen LogP contribution in [0.5, 0.6) is 0 Å². The Balaban J connectivity index is 2.73. The molecule has 0 saturated heterocycles. The maximum absolute atomic E-state index is 7.83. The van der Waals surface area contributed by atoms with Gasteiger partial charge in [0, 0.05) is 0 Å². The van der Waals surface area contributed by atoms with E-state index < -0.39 is 0 Å². The summed E-state index contributed by atoms with van der Waals surface area (Å²) in [5.41, 5.74) is 0. The Morgan fingerprint density at radius 3 is 1.50 bits per heavy atom. The summed E-state index contributed by atoms with van der Waals surface area (Å²) in [6.45, 7) is -0.693. The predicted molar refractivity (Wildman–Crippen MR) is 19.0 cm³/mol. The molecule has 6 heavy (non-hydrogen) atoms. The molecule has 0 aliphatic heterocycles. The minimum atomic E-state index is -0.347. The molecular formula is C2H6N2O2. The molecule has 0 aliphatic carbocycles. The van der Waals surface area contributed by atoms with Crippen LogP contribution in [0.15, 0.2) is 10.2 Å². The van der Waals surface area contributed by atoms with Crippen LogP contribution in [0.25, 0.3) is 0 Å². The van der Waals surface area contributed by atoms with Crippen molar-refractivity contribution >= 4 is 0 Å². The van der Waals surface area contributed by atoms with Gasteiger partial charge in [-0.3, -0.25) is 0 Å². The first-order chi connectivity index (χ1) is 2.91. The van der Waals surface area contributed by atoms with E-state index in [2.05, 4.69) is 10.2 Å². The van der Waals surface area contributed by atoms with Gasteiger partial charge in [-0.15, -0.1) is 0 Å². The van der Waals surface area contributed by atoms with Crippen molar-refractivity contribution in [3.05, 3.63) is 0 Å². The van der Waals surface area contributed by atoms with Crippen LogP contribution in [0.1, 0.15) is 0 Å². The summed E-state index contributed by atoms with van der Waals surface area (Å²) in [5, 5.41) is 21.7. The predicted octanol–water partition coefficient (Wildman–Crippen LogP) is -0.662. The zero-order chi connectivity index (χ0) is 4.83. The van der Waals surface area contributed by atoms with Crippen LogP contribution >= 0.6 is 0 Å². The highest BCUT2D eigenvalue weighted by molar-refractivity contribution is 4.10. The lowest BCUT2D eigenvalue weighted by molar-refractivity contribution is 0.268. The number of aliphatic hydroxyl groups is 2. The van der Waals surface area contributed by atoms with E-state index in [1.54, 1.807) is 0 Å². The summed E-state index contributed by atoms with van der Waals surface area (Å²) in [4.78, 5) is 0. The van der Waals surface area contributed by atoms with Gasteiger partial charge in [-0.1, -0.05) is 0 Å². The molecule has 0 atom stereocenters. The highest BCUT2D eigenvalue weighted by atomic mass is 16.3. The van der Waals surface area contributed by atoms with E-state index in [9.17, 15) is 0 Å². The first kappa shape index (κ1) is 5.52. The van der Waals surface area contributed by atoms with E-state index in [-0.39, 0.29) is 13.5 Å². The van der Waals surface area contributed by atoms with Crippen molar-refractivity contribution in [3.8, 4) is 0 Å². The first-order valence-electron chi connectivity index (χ1n) is 1.46. The van der Waals surface area contributed by atoms with Gasteiger partial charge < -0.3 is 10.2 Å². The SMILES string of the molecule is OC/N=N/CO. The van der Waals surface area contributed by atoms with Crippen molar-refractivity contribution in [2.45, 2.75) is 0 Å². The Morgan fingerprint density at radius 2 is 1.33 bits per heavy atom. The molecule has 0 fully saturated rings. The number of nitrogens with zero attached hydrogens (tertiary/aromatic N) is 2. The molecule has 0 heterocycles. The molecule has 0 unspecified atom stereocenters. The van der Waals surface area contributed by atoms with Crippen molar-refractivity contribution in [2.75, 3.05) is 13.5 Å². The van der Waals surface area contributed by atoms with Crippen molar-refractivity contribution in [2.24, 2.45) is 10.2 Å². The van der Waals surface area contributed by atoms with E-state index in [4.69, 9.17) is 10.2 Å². The Kier molecular flexibility index (Phi) is 4.16. The molecule has 2 N–H and O–H groups in total. The molecule has 0 amide bonds. The molecule has 0 aromatic carbocycles. The van der Waals surface area contributed by atoms with Crippen molar-refractivity contribution in [1.29, 1.82) is 0 Å². The second kappa shape index (κ2) is 4.52. The van der Waals surface area contributed by atoms with Gasteiger partial charge >= 0.3 is 0 Å². The lowest BCUT2D eigenvalue weighted by Gasteiger charge is -1.73. The third-order valence-corrected chi connectivity index (χ3v) is 0.226. The van der Waals surface area contributed by atoms with Crippen molar-refractivity contribution < 1.29 is 10.2 Å². The summed E-state index contributed by atoms with van der Waals surface area (Å²) >= 11 is 0. The fraction of sp³-hybridized carbons (Fsp3) is 1.00. The average Bonchev–Trinajstić information content (AvgIpc) is 1.61. The highest BCUT2D eigenvalue weighted by Gasteiger charge is 1.61. The van der Waals surface area contributed by atoms with Crippen LogP contribution in [-0.2, 0) is 0 Å². The van der Waals surface area contributed by atoms with Crippen LogP contribution in [0.2, 0.25) is 0 Å². The lowest BCUT2D eigenvalue weighted by Crippen LogP contribution is -1.73. The monoisotopic (exact) mass is 90.0 g/mol. The third-order valence-electron chi connectivity index (χ3n) is 0.226. The Labute approximate surface area is 35.1 Å². The quantitative estimate of drug-likeness (QED) is 0.442. The summed E-state index contributed by atoms with van der Waals surface area (Å²) < 4.78 is 0. The molecule has 36 valence electrons. The van der Waals surface area contributed by atoms with E-state index in [0.717, 1.165) is 0 Å². The lowest BCUT2D eigenvalue weighted by atomic mass is 11.3. The number of aliphatic hydroxyl groups excluding tert-OH is 2. The van der Waals surface area contributed by atoms with E-state index in [1.165, 1.54) is 0 Å². The zero-order valence-electron chi connectivity index (χ0n) is 3.20. The molecule has 0 rings (SSSR count). The maximum Gasteiger partial charge on any atom is 0.155 e. The molecular weight excluding hydrogens is 84.0 g/mol. The fourth-order valence-corrected chi connectivity index (χ4v) is 0.0894. The molecule has 0 bridgehead atoms. The Hall–Kier alpha value is -0.480. The van der Waals surface area contributed by atoms with Gasteiger partial charge in [0.25, 0.3) is 0 Å². The van der Waals surface area contributed by atoms with Crippen LogP contribution in [0.4, 0.5) is 0 Å². The smallest absolute Gasteiger partial charge is 0.155 e. The zero-order valence-corrected chi connectivity index (χ0v) is 3.20. The minimum absolute atomic E-state index is 0.347. The van der Waals surface area contributed by atoms with Gasteiger partial charge in [0.1, 0.15) is 0 Å². The molecule has 0 saturated carbocycles. The topological polar surface area (TPSA) is 65.2 Å². The largest absolute Gasteiger partial charge is 0.373 e. The molecule has 4 nitrogen and oxygen atoms in total. The van der Waals surface area contributed by atoms with Gasteiger partial charge in [0.15, 0.2) is 13.5 Å². The van der Waals surface area contributed by atoms with E-state index in [0.29, 0.717) is 0 Å². The van der Waals surface area contributed by atoms with Crippen LogP contribution < -0.4 is 0 Å². The Morgan fingerprint density at radius 1 is 1.00 bits per heavy atom. The fourth-order valence-electron chi connectivity index (χ4n) is 0.0894. The Bertz CT molecular complexity index is 38.8. The second-order valence-corrected chi connectivity index (χ2v) is 0.566. The summed E-state index contributed by atoms with van der Waals surface area (Å²) in [7, 11) is 0. The standard InChI is InChI=1S/C2H6N2O2/c5-1-3-4-2-6/h5-6H,1-2H2/b4-3+.